The van der Waals surface area contributed by atoms with Crippen LogP contribution in [0.1, 0.15) is 16.2 Å². The lowest BCUT2D eigenvalue weighted by Gasteiger charge is -2.09. The normalized spacial score (nSPS) is 10.7. The summed E-state index contributed by atoms with van der Waals surface area (Å²) in [5.41, 5.74) is -1.02. The first-order valence-electron chi connectivity index (χ1n) is 5.77. The van der Waals surface area contributed by atoms with Gasteiger partial charge in [0, 0.05) is 7.05 Å². The number of aromatic carboxylic acids is 1. The summed E-state index contributed by atoms with van der Waals surface area (Å²) in [5, 5.41) is 12.6. The van der Waals surface area contributed by atoms with Crippen molar-refractivity contribution in [3.8, 4) is 5.75 Å². The maximum absolute atomic E-state index is 14.0. The molecule has 0 fully saturated rings. The smallest absolute Gasteiger partial charge is 0.348 e. The minimum absolute atomic E-state index is 0.0989. The van der Waals surface area contributed by atoms with Gasteiger partial charge in [0.2, 0.25) is 0 Å². The highest BCUT2D eigenvalue weighted by atomic mass is 35.5. The van der Waals surface area contributed by atoms with E-state index >= 15 is 0 Å². The van der Waals surface area contributed by atoms with Crippen LogP contribution in [0.3, 0.4) is 0 Å². The number of nitrogens with zero attached hydrogens (tertiary/aromatic N) is 3. The molecule has 7 nitrogen and oxygen atoms in total. The Hall–Kier alpha value is -2.35. The van der Waals surface area contributed by atoms with E-state index in [2.05, 4.69) is 5.10 Å². The molecule has 2 aromatic rings. The van der Waals surface area contributed by atoms with E-state index in [-0.39, 0.29) is 11.8 Å². The molecule has 2 rings (SSSR count). The number of carboxylic acid groups (broad SMARTS) is 1. The number of rotatable bonds is 4. The summed E-state index contributed by atoms with van der Waals surface area (Å²) in [6.45, 7) is 1.23. The average Bonchev–Trinajstić information content (AvgIpc) is 2.65. The Morgan fingerprint density at radius 3 is 2.71 bits per heavy atom. The first-order valence-corrected chi connectivity index (χ1v) is 6.15. The maximum Gasteiger partial charge on any atom is 0.348 e. The van der Waals surface area contributed by atoms with Crippen LogP contribution in [0.2, 0.25) is 5.02 Å². The third kappa shape index (κ3) is 2.75. The number of halogens is 2. The fourth-order valence-electron chi connectivity index (χ4n) is 1.64. The molecule has 0 amide bonds. The molecule has 0 aliphatic carbocycles. The molecule has 1 aromatic heterocycles. The van der Waals surface area contributed by atoms with Gasteiger partial charge in [-0.1, -0.05) is 11.6 Å². The predicted octanol–water partition coefficient (Wildman–Crippen LogP) is 1.42. The van der Waals surface area contributed by atoms with E-state index in [9.17, 15) is 14.0 Å². The lowest BCUT2D eigenvalue weighted by atomic mass is 10.2. The van der Waals surface area contributed by atoms with Gasteiger partial charge in [0.05, 0.1) is 10.6 Å². The first kappa shape index (κ1) is 15.0. The minimum atomic E-state index is -1.44. The number of benzene rings is 1. The monoisotopic (exact) mass is 315 g/mol. The van der Waals surface area contributed by atoms with Crippen molar-refractivity contribution in [3.63, 3.8) is 0 Å². The zero-order valence-corrected chi connectivity index (χ0v) is 11.9. The van der Waals surface area contributed by atoms with Crippen LogP contribution in [0, 0.1) is 12.7 Å². The summed E-state index contributed by atoms with van der Waals surface area (Å²) in [6, 6.07) is 2.24. The van der Waals surface area contributed by atoms with Gasteiger partial charge in [0.25, 0.3) is 0 Å². The van der Waals surface area contributed by atoms with Gasteiger partial charge in [-0.05, 0) is 19.1 Å². The fourth-order valence-corrected chi connectivity index (χ4v) is 1.84. The highest BCUT2D eigenvalue weighted by Gasteiger charge is 2.19. The zero-order valence-electron chi connectivity index (χ0n) is 11.1. The number of hydrogen-bond donors (Lipinski definition) is 1. The van der Waals surface area contributed by atoms with Gasteiger partial charge in [-0.3, -0.25) is 4.57 Å². The Morgan fingerprint density at radius 1 is 1.52 bits per heavy atom. The molecule has 9 heteroatoms. The fraction of sp³-hybridized carbons (Fsp3) is 0.250. The van der Waals surface area contributed by atoms with Crippen molar-refractivity contribution in [3.05, 3.63) is 44.8 Å². The molecule has 0 aliphatic rings. The van der Waals surface area contributed by atoms with Crippen LogP contribution in [-0.4, -0.2) is 25.4 Å². The van der Waals surface area contributed by atoms with Crippen molar-refractivity contribution in [1.29, 1.82) is 0 Å². The Balaban J connectivity index is 2.32. The van der Waals surface area contributed by atoms with Crippen LogP contribution in [0.25, 0.3) is 0 Å². The van der Waals surface area contributed by atoms with Gasteiger partial charge < -0.3 is 9.84 Å². The molecule has 21 heavy (non-hydrogen) atoms. The molecule has 1 N–H and O–H groups in total. The first-order chi connectivity index (χ1) is 9.82. The van der Waals surface area contributed by atoms with Crippen LogP contribution in [0.4, 0.5) is 4.39 Å². The second kappa shape index (κ2) is 5.57. The Morgan fingerprint density at radius 2 is 2.19 bits per heavy atom. The molecule has 0 unspecified atom stereocenters. The molecular weight excluding hydrogens is 305 g/mol. The summed E-state index contributed by atoms with van der Waals surface area (Å²) >= 11 is 5.78. The molecule has 0 saturated carbocycles. The number of aromatic nitrogens is 3. The molecule has 1 aromatic carbocycles. The predicted molar refractivity (Wildman–Crippen MR) is 71.2 cm³/mol. The Labute approximate surface area is 123 Å². The quantitative estimate of drug-likeness (QED) is 0.922. The molecular formula is C12H11ClFN3O4. The highest BCUT2D eigenvalue weighted by Crippen LogP contribution is 2.30. The third-order valence-corrected chi connectivity index (χ3v) is 3.17. The summed E-state index contributed by atoms with van der Waals surface area (Å²) in [7, 11) is 1.53. The number of aryl methyl sites for hydroxylation is 1. The van der Waals surface area contributed by atoms with E-state index < -0.39 is 28.8 Å². The van der Waals surface area contributed by atoms with Crippen LogP contribution < -0.4 is 10.4 Å². The van der Waals surface area contributed by atoms with E-state index in [0.717, 1.165) is 10.7 Å². The van der Waals surface area contributed by atoms with E-state index in [1.54, 1.807) is 6.92 Å². The molecule has 0 aliphatic heterocycles. The van der Waals surface area contributed by atoms with Crippen LogP contribution >= 0.6 is 11.6 Å². The summed E-state index contributed by atoms with van der Waals surface area (Å²) in [5.74, 6) is -2.53. The van der Waals surface area contributed by atoms with Crippen LogP contribution in [0.15, 0.2) is 16.9 Å². The minimum Gasteiger partial charge on any atom is -0.478 e. The van der Waals surface area contributed by atoms with Crippen molar-refractivity contribution in [1.82, 2.24) is 14.3 Å². The van der Waals surface area contributed by atoms with Crippen LogP contribution in [0.5, 0.6) is 5.75 Å². The second-order valence-corrected chi connectivity index (χ2v) is 4.61. The lowest BCUT2D eigenvalue weighted by molar-refractivity contribution is 0.0690. The van der Waals surface area contributed by atoms with Gasteiger partial charge >= 0.3 is 11.7 Å². The van der Waals surface area contributed by atoms with Gasteiger partial charge in [-0.15, -0.1) is 0 Å². The number of hydrogen-bond acceptors (Lipinski definition) is 4. The standard InChI is InChI=1S/C12H11ClFN3O4/c1-6-15-17(12(20)16(6)2)5-21-10-8(13)4-3-7(9(10)14)11(18)19/h3-4H,5H2,1-2H3,(H,18,19). The Kier molecular flexibility index (Phi) is 3.99. The zero-order chi connectivity index (χ0) is 15.7. The van der Waals surface area contributed by atoms with Crippen molar-refractivity contribution < 1.29 is 19.0 Å². The van der Waals surface area contributed by atoms with Crippen LogP contribution in [-0.2, 0) is 13.8 Å². The van der Waals surface area contributed by atoms with Crippen molar-refractivity contribution in [2.45, 2.75) is 13.7 Å². The van der Waals surface area contributed by atoms with E-state index in [4.69, 9.17) is 21.4 Å². The molecule has 0 bridgehead atoms. The van der Waals surface area contributed by atoms with Gasteiger partial charge in [-0.2, -0.15) is 9.78 Å². The van der Waals surface area contributed by atoms with Gasteiger partial charge in [0.1, 0.15) is 5.82 Å². The summed E-state index contributed by atoms with van der Waals surface area (Å²) in [4.78, 5) is 22.6. The maximum atomic E-state index is 14.0. The van der Waals surface area contributed by atoms with Gasteiger partial charge in [0.15, 0.2) is 18.3 Å². The summed E-state index contributed by atoms with van der Waals surface area (Å²) < 4.78 is 21.3. The van der Waals surface area contributed by atoms with Crippen molar-refractivity contribution in [2.24, 2.45) is 7.05 Å². The lowest BCUT2D eigenvalue weighted by Crippen LogP contribution is -2.25. The molecule has 0 saturated heterocycles. The molecule has 0 radical (unpaired) electrons. The topological polar surface area (TPSA) is 86.4 Å². The Bertz CT molecular complexity index is 769. The van der Waals surface area contributed by atoms with Crippen molar-refractivity contribution in [2.75, 3.05) is 0 Å². The third-order valence-electron chi connectivity index (χ3n) is 2.87. The number of carbonyl (C=O) groups is 1. The largest absolute Gasteiger partial charge is 0.478 e. The van der Waals surface area contributed by atoms with E-state index in [0.29, 0.717) is 5.82 Å². The molecule has 0 spiro atoms. The average molecular weight is 316 g/mol. The van der Waals surface area contributed by atoms with Crippen molar-refractivity contribution >= 4 is 17.6 Å². The number of carboxylic acids is 1. The second-order valence-electron chi connectivity index (χ2n) is 4.20. The van der Waals surface area contributed by atoms with E-state index in [1.807, 2.05) is 0 Å². The molecule has 112 valence electrons. The molecule has 0 atom stereocenters. The van der Waals surface area contributed by atoms with Gasteiger partial charge in [-0.25, -0.2) is 14.0 Å². The summed E-state index contributed by atoms with van der Waals surface area (Å²) in [6.07, 6.45) is 0. The highest BCUT2D eigenvalue weighted by molar-refractivity contribution is 6.32. The number of ether oxygens (including phenoxy) is 1. The molecule has 1 heterocycles. The van der Waals surface area contributed by atoms with E-state index in [1.165, 1.54) is 17.7 Å². The SMILES string of the molecule is Cc1nn(COc2c(Cl)ccc(C(=O)O)c2F)c(=O)n1C.